The number of hydrogen-bond acceptors (Lipinski definition) is 2. The lowest BCUT2D eigenvalue weighted by Crippen LogP contribution is -2.11. The summed E-state index contributed by atoms with van der Waals surface area (Å²) in [6.45, 7) is 0. The summed E-state index contributed by atoms with van der Waals surface area (Å²) < 4.78 is 0. The van der Waals surface area contributed by atoms with E-state index >= 15 is 0 Å². The van der Waals surface area contributed by atoms with Crippen molar-refractivity contribution in [2.75, 3.05) is 11.1 Å². The number of nitrogens with one attached hydrogen (secondary N) is 1. The lowest BCUT2D eigenvalue weighted by Gasteiger charge is -2.06. The van der Waals surface area contributed by atoms with Crippen LogP contribution in [-0.4, -0.2) is 11.7 Å². The van der Waals surface area contributed by atoms with Gasteiger partial charge in [-0.2, -0.15) is 0 Å². The number of hydrogen-bond donors (Lipinski definition) is 1. The van der Waals surface area contributed by atoms with Gasteiger partial charge in [0.1, 0.15) is 0 Å². The standard InChI is InChI=1S/C16H14Cl3NOS/c17-11-3-6-13(7-4-11)22-9-1-2-16(21)20-12-5-8-14(18)15(19)10-12/h3-8,10H,1-2,9H2,(H,20,21). The van der Waals surface area contributed by atoms with Gasteiger partial charge in [-0.05, 0) is 54.6 Å². The second-order valence-corrected chi connectivity index (χ2v) is 7.00. The highest BCUT2D eigenvalue weighted by Crippen LogP contribution is 2.25. The molecule has 1 N–H and O–H groups in total. The Kier molecular flexibility index (Phi) is 6.90. The van der Waals surface area contributed by atoms with Crippen LogP contribution in [0, 0.1) is 0 Å². The summed E-state index contributed by atoms with van der Waals surface area (Å²) in [6, 6.07) is 12.7. The molecule has 0 saturated heterocycles. The molecule has 0 spiro atoms. The zero-order valence-corrected chi connectivity index (χ0v) is 14.7. The Balaban J connectivity index is 1.71. The van der Waals surface area contributed by atoms with Crippen LogP contribution in [0.1, 0.15) is 12.8 Å². The summed E-state index contributed by atoms with van der Waals surface area (Å²) in [4.78, 5) is 13.0. The van der Waals surface area contributed by atoms with E-state index in [2.05, 4.69) is 5.32 Å². The number of amides is 1. The van der Waals surface area contributed by atoms with E-state index in [0.29, 0.717) is 22.2 Å². The van der Waals surface area contributed by atoms with Crippen LogP contribution in [-0.2, 0) is 4.79 Å². The van der Waals surface area contributed by atoms with Crippen molar-refractivity contribution in [3.63, 3.8) is 0 Å². The summed E-state index contributed by atoms with van der Waals surface area (Å²) in [6.07, 6.45) is 1.25. The van der Waals surface area contributed by atoms with Crippen molar-refractivity contribution < 1.29 is 4.79 Å². The highest BCUT2D eigenvalue weighted by molar-refractivity contribution is 7.99. The van der Waals surface area contributed by atoms with Crippen molar-refractivity contribution in [2.45, 2.75) is 17.7 Å². The summed E-state index contributed by atoms with van der Waals surface area (Å²) in [5.74, 6) is 0.839. The number of carbonyl (C=O) groups is 1. The first kappa shape index (κ1) is 17.5. The average Bonchev–Trinajstić information content (AvgIpc) is 2.49. The predicted octanol–water partition coefficient (Wildman–Crippen LogP) is 6.16. The van der Waals surface area contributed by atoms with Gasteiger partial charge < -0.3 is 5.32 Å². The number of anilines is 1. The Hall–Kier alpha value is -0.870. The van der Waals surface area contributed by atoms with Crippen LogP contribution in [0.25, 0.3) is 0 Å². The topological polar surface area (TPSA) is 29.1 Å². The molecule has 0 bridgehead atoms. The molecule has 2 aromatic carbocycles. The Morgan fingerprint density at radius 3 is 2.41 bits per heavy atom. The largest absolute Gasteiger partial charge is 0.326 e. The van der Waals surface area contributed by atoms with Gasteiger partial charge in [0.15, 0.2) is 0 Å². The van der Waals surface area contributed by atoms with Crippen molar-refractivity contribution >= 4 is 58.2 Å². The number of rotatable bonds is 6. The molecule has 2 rings (SSSR count). The van der Waals surface area contributed by atoms with E-state index in [1.54, 1.807) is 30.0 Å². The van der Waals surface area contributed by atoms with Gasteiger partial charge in [-0.15, -0.1) is 11.8 Å². The Labute approximate surface area is 149 Å². The smallest absolute Gasteiger partial charge is 0.224 e. The van der Waals surface area contributed by atoms with Crippen LogP contribution in [0.2, 0.25) is 15.1 Å². The minimum Gasteiger partial charge on any atom is -0.326 e. The number of carbonyl (C=O) groups excluding carboxylic acids is 1. The fourth-order valence-electron chi connectivity index (χ4n) is 1.75. The molecule has 2 nitrogen and oxygen atoms in total. The summed E-state index contributed by atoms with van der Waals surface area (Å²) in [5, 5.41) is 4.43. The summed E-state index contributed by atoms with van der Waals surface area (Å²) >= 11 is 19.3. The van der Waals surface area contributed by atoms with E-state index < -0.39 is 0 Å². The normalized spacial score (nSPS) is 10.5. The second-order valence-electron chi connectivity index (χ2n) is 4.58. The third kappa shape index (κ3) is 5.73. The number of benzene rings is 2. The predicted molar refractivity (Wildman–Crippen MR) is 96.5 cm³/mol. The molecule has 0 unspecified atom stereocenters. The quantitative estimate of drug-likeness (QED) is 0.484. The first-order valence-corrected chi connectivity index (χ1v) is 8.80. The molecule has 0 fully saturated rings. The molecule has 22 heavy (non-hydrogen) atoms. The van der Waals surface area contributed by atoms with Crippen molar-refractivity contribution in [2.24, 2.45) is 0 Å². The van der Waals surface area contributed by atoms with Crippen molar-refractivity contribution in [1.82, 2.24) is 0 Å². The molecule has 0 saturated carbocycles. The number of halogens is 3. The third-order valence-corrected chi connectivity index (χ3v) is 4.92. The lowest BCUT2D eigenvalue weighted by molar-refractivity contribution is -0.116. The van der Waals surface area contributed by atoms with E-state index in [0.717, 1.165) is 22.1 Å². The monoisotopic (exact) mass is 373 g/mol. The lowest BCUT2D eigenvalue weighted by atomic mass is 10.3. The zero-order chi connectivity index (χ0) is 15.9. The van der Waals surface area contributed by atoms with Crippen LogP contribution < -0.4 is 5.32 Å². The minimum atomic E-state index is -0.0323. The maximum atomic E-state index is 11.9. The SMILES string of the molecule is O=C(CCCSc1ccc(Cl)cc1)Nc1ccc(Cl)c(Cl)c1. The fourth-order valence-corrected chi connectivity index (χ4v) is 3.03. The molecule has 0 aliphatic carbocycles. The highest BCUT2D eigenvalue weighted by atomic mass is 35.5. The third-order valence-electron chi connectivity index (χ3n) is 2.83. The van der Waals surface area contributed by atoms with Gasteiger partial charge >= 0.3 is 0 Å². The van der Waals surface area contributed by atoms with Gasteiger partial charge in [0, 0.05) is 22.0 Å². The first-order valence-electron chi connectivity index (χ1n) is 6.68. The molecule has 1 amide bonds. The van der Waals surface area contributed by atoms with E-state index in [4.69, 9.17) is 34.8 Å². The minimum absolute atomic E-state index is 0.0323. The van der Waals surface area contributed by atoms with Gasteiger partial charge in [-0.1, -0.05) is 34.8 Å². The molecule has 0 aliphatic heterocycles. The summed E-state index contributed by atoms with van der Waals surface area (Å²) in [5.41, 5.74) is 0.657. The van der Waals surface area contributed by atoms with E-state index in [-0.39, 0.29) is 5.91 Å². The molecule has 6 heteroatoms. The van der Waals surface area contributed by atoms with Crippen molar-refractivity contribution in [3.05, 3.63) is 57.5 Å². The first-order chi connectivity index (χ1) is 10.5. The van der Waals surface area contributed by atoms with Gasteiger partial charge in [-0.3, -0.25) is 4.79 Å². The van der Waals surface area contributed by atoms with Crippen LogP contribution >= 0.6 is 46.6 Å². The Morgan fingerprint density at radius 2 is 1.73 bits per heavy atom. The highest BCUT2D eigenvalue weighted by Gasteiger charge is 2.05. The molecule has 2 aromatic rings. The van der Waals surface area contributed by atoms with Crippen LogP contribution in [0.15, 0.2) is 47.4 Å². The molecule has 0 atom stereocenters. The van der Waals surface area contributed by atoms with Crippen LogP contribution in [0.3, 0.4) is 0 Å². The molecule has 0 radical (unpaired) electrons. The molecule has 0 aromatic heterocycles. The zero-order valence-electron chi connectivity index (χ0n) is 11.6. The van der Waals surface area contributed by atoms with E-state index in [1.165, 1.54) is 0 Å². The van der Waals surface area contributed by atoms with Crippen molar-refractivity contribution in [1.29, 1.82) is 0 Å². The van der Waals surface area contributed by atoms with E-state index in [1.807, 2.05) is 24.3 Å². The van der Waals surface area contributed by atoms with Gasteiger partial charge in [0.25, 0.3) is 0 Å². The van der Waals surface area contributed by atoms with Crippen LogP contribution in [0.4, 0.5) is 5.69 Å². The fraction of sp³-hybridized carbons (Fsp3) is 0.188. The van der Waals surface area contributed by atoms with Crippen LogP contribution in [0.5, 0.6) is 0 Å². The van der Waals surface area contributed by atoms with E-state index in [9.17, 15) is 4.79 Å². The Morgan fingerprint density at radius 1 is 1.00 bits per heavy atom. The number of thioether (sulfide) groups is 1. The maximum absolute atomic E-state index is 11.9. The molecular formula is C16H14Cl3NOS. The molecule has 0 aliphatic rings. The van der Waals surface area contributed by atoms with Crippen molar-refractivity contribution in [3.8, 4) is 0 Å². The van der Waals surface area contributed by atoms with Gasteiger partial charge in [-0.25, -0.2) is 0 Å². The molecule has 0 heterocycles. The average molecular weight is 375 g/mol. The summed E-state index contributed by atoms with van der Waals surface area (Å²) in [7, 11) is 0. The maximum Gasteiger partial charge on any atom is 0.224 e. The van der Waals surface area contributed by atoms with Gasteiger partial charge in [0.2, 0.25) is 5.91 Å². The Bertz CT molecular complexity index is 646. The van der Waals surface area contributed by atoms with Gasteiger partial charge in [0.05, 0.1) is 10.0 Å². The second kappa shape index (κ2) is 8.68. The molecular weight excluding hydrogens is 361 g/mol. The molecule has 116 valence electrons.